The largest absolute Gasteiger partial charge is 0.383 e. The first kappa shape index (κ1) is 16.9. The van der Waals surface area contributed by atoms with Gasteiger partial charge in [0.15, 0.2) is 5.03 Å². The molecule has 0 bridgehead atoms. The highest BCUT2D eigenvalue weighted by Crippen LogP contribution is 2.21. The number of anilines is 1. The second-order valence-corrected chi connectivity index (χ2v) is 6.27. The van der Waals surface area contributed by atoms with Crippen molar-refractivity contribution in [3.63, 3.8) is 0 Å². The summed E-state index contributed by atoms with van der Waals surface area (Å²) >= 11 is 0. The molecule has 7 heteroatoms. The minimum atomic E-state index is -3.60. The van der Waals surface area contributed by atoms with Crippen LogP contribution in [0.25, 0.3) is 0 Å². The average Bonchev–Trinajstić information content (AvgIpc) is 2.45. The predicted molar refractivity (Wildman–Crippen MR) is 79.3 cm³/mol. The Labute approximate surface area is 121 Å². The maximum absolute atomic E-state index is 12.5. The Balaban J connectivity index is 2.90. The van der Waals surface area contributed by atoms with Crippen molar-refractivity contribution in [2.24, 2.45) is 0 Å². The summed E-state index contributed by atoms with van der Waals surface area (Å²) in [6.45, 7) is 5.85. The molecule has 0 fully saturated rings. The summed E-state index contributed by atoms with van der Waals surface area (Å²) < 4.78 is 31.4. The van der Waals surface area contributed by atoms with E-state index in [-0.39, 0.29) is 5.03 Å². The van der Waals surface area contributed by atoms with E-state index in [1.807, 2.05) is 13.8 Å². The number of nitrogens with zero attached hydrogens (tertiary/aromatic N) is 2. The minimum Gasteiger partial charge on any atom is -0.383 e. The Morgan fingerprint density at radius 1 is 1.40 bits per heavy atom. The van der Waals surface area contributed by atoms with Crippen molar-refractivity contribution in [2.45, 2.75) is 25.3 Å². The van der Waals surface area contributed by atoms with Gasteiger partial charge >= 0.3 is 0 Å². The van der Waals surface area contributed by atoms with Crippen molar-refractivity contribution in [3.05, 3.63) is 18.3 Å². The van der Waals surface area contributed by atoms with Crippen LogP contribution in [0.2, 0.25) is 0 Å². The highest BCUT2D eigenvalue weighted by Gasteiger charge is 2.25. The number of pyridine rings is 1. The number of hydrogen-bond acceptors (Lipinski definition) is 5. The predicted octanol–water partition coefficient (Wildman–Crippen LogP) is 1.56. The Hall–Kier alpha value is -1.18. The summed E-state index contributed by atoms with van der Waals surface area (Å²) in [6.07, 6.45) is 2.40. The number of aromatic nitrogens is 1. The lowest BCUT2D eigenvalue weighted by Crippen LogP contribution is -2.31. The molecule has 0 saturated heterocycles. The number of likely N-dealkylation sites (N-methyl/N-ethyl adjacent to an activating group) is 1. The second-order valence-electron chi connectivity index (χ2n) is 4.31. The quantitative estimate of drug-likeness (QED) is 0.701. The van der Waals surface area contributed by atoms with Crippen molar-refractivity contribution in [3.8, 4) is 0 Å². The third-order valence-corrected chi connectivity index (χ3v) is 4.56. The molecule has 1 aromatic heterocycles. The van der Waals surface area contributed by atoms with Gasteiger partial charge < -0.3 is 10.1 Å². The number of hydrogen-bond donors (Lipinski definition) is 1. The van der Waals surface area contributed by atoms with Crippen LogP contribution in [0.3, 0.4) is 0 Å². The highest BCUT2D eigenvalue weighted by molar-refractivity contribution is 7.89. The molecular weight excluding hydrogens is 278 g/mol. The molecule has 0 spiro atoms. The van der Waals surface area contributed by atoms with E-state index in [0.717, 1.165) is 6.42 Å². The first-order chi connectivity index (χ1) is 9.54. The molecular formula is C13H23N3O3S. The molecule has 0 amide bonds. The molecule has 1 rings (SSSR count). The van der Waals surface area contributed by atoms with Crippen LogP contribution >= 0.6 is 0 Å². The normalized spacial score (nSPS) is 11.8. The molecule has 114 valence electrons. The molecule has 0 unspecified atom stereocenters. The summed E-state index contributed by atoms with van der Waals surface area (Å²) in [5.74, 6) is 0. The summed E-state index contributed by atoms with van der Waals surface area (Å²) in [6, 6.07) is 3.45. The molecule has 0 aliphatic carbocycles. The fourth-order valence-electron chi connectivity index (χ4n) is 1.60. The molecule has 0 atom stereocenters. The zero-order valence-corrected chi connectivity index (χ0v) is 13.1. The van der Waals surface area contributed by atoms with E-state index in [2.05, 4.69) is 10.3 Å². The van der Waals surface area contributed by atoms with Crippen molar-refractivity contribution in [1.29, 1.82) is 0 Å². The van der Waals surface area contributed by atoms with E-state index in [1.165, 1.54) is 17.5 Å². The summed E-state index contributed by atoms with van der Waals surface area (Å²) in [4.78, 5) is 4.02. The molecule has 6 nitrogen and oxygen atoms in total. The zero-order valence-electron chi connectivity index (χ0n) is 12.3. The van der Waals surface area contributed by atoms with Crippen LogP contribution in [-0.2, 0) is 14.8 Å². The smallest absolute Gasteiger partial charge is 0.262 e. The van der Waals surface area contributed by atoms with Gasteiger partial charge in [0.25, 0.3) is 10.0 Å². The standard InChI is InChI=1S/C13H23N3O3S/c1-4-8-14-12-7-6-9-15-13(12)20(17,18)16(3)10-11-19-5-2/h6-7,9,14H,4-5,8,10-11H2,1-3H3. The minimum absolute atomic E-state index is 0.0625. The maximum Gasteiger partial charge on any atom is 0.262 e. The number of nitrogens with one attached hydrogen (secondary N) is 1. The monoisotopic (exact) mass is 301 g/mol. The van der Waals surface area contributed by atoms with E-state index in [0.29, 0.717) is 32.0 Å². The first-order valence-corrected chi connectivity index (χ1v) is 8.21. The first-order valence-electron chi connectivity index (χ1n) is 6.77. The van der Waals surface area contributed by atoms with Gasteiger partial charge in [-0.25, -0.2) is 13.4 Å². The fraction of sp³-hybridized carbons (Fsp3) is 0.615. The SMILES string of the molecule is CCCNc1cccnc1S(=O)(=O)N(C)CCOCC. The number of rotatable bonds is 9. The zero-order chi connectivity index (χ0) is 15.0. The van der Waals surface area contributed by atoms with Gasteiger partial charge in [0.2, 0.25) is 0 Å². The molecule has 1 N–H and O–H groups in total. The molecule has 0 saturated carbocycles. The third-order valence-electron chi connectivity index (χ3n) is 2.75. The van der Waals surface area contributed by atoms with Crippen LogP contribution in [0.5, 0.6) is 0 Å². The van der Waals surface area contributed by atoms with E-state index in [4.69, 9.17) is 4.74 Å². The molecule has 1 aromatic rings. The average molecular weight is 301 g/mol. The second kappa shape index (κ2) is 8.18. The molecule has 0 aliphatic rings. The van der Waals surface area contributed by atoms with Crippen molar-refractivity contribution in [1.82, 2.24) is 9.29 Å². The Bertz CT molecular complexity index is 505. The third kappa shape index (κ3) is 4.43. The lowest BCUT2D eigenvalue weighted by molar-refractivity contribution is 0.138. The van der Waals surface area contributed by atoms with Crippen molar-refractivity contribution < 1.29 is 13.2 Å². The van der Waals surface area contributed by atoms with Gasteiger partial charge in [0.1, 0.15) is 0 Å². The van der Waals surface area contributed by atoms with Crippen LogP contribution in [0, 0.1) is 0 Å². The van der Waals surface area contributed by atoms with Crippen LogP contribution in [0.1, 0.15) is 20.3 Å². The van der Waals surface area contributed by atoms with Crippen LogP contribution in [0.15, 0.2) is 23.4 Å². The van der Waals surface area contributed by atoms with Crippen molar-refractivity contribution in [2.75, 3.05) is 38.7 Å². The Kier molecular flexibility index (Phi) is 6.90. The van der Waals surface area contributed by atoms with Gasteiger partial charge in [-0.15, -0.1) is 0 Å². The lowest BCUT2D eigenvalue weighted by atomic mass is 10.4. The van der Waals surface area contributed by atoms with E-state index in [1.54, 1.807) is 12.1 Å². The fourth-order valence-corrected chi connectivity index (χ4v) is 2.82. The summed E-state index contributed by atoms with van der Waals surface area (Å²) in [7, 11) is -2.07. The molecule has 0 radical (unpaired) electrons. The molecule has 1 heterocycles. The summed E-state index contributed by atoms with van der Waals surface area (Å²) in [5, 5.41) is 3.15. The van der Waals surface area contributed by atoms with Crippen molar-refractivity contribution >= 4 is 15.7 Å². The van der Waals surface area contributed by atoms with Gasteiger partial charge in [0, 0.05) is 32.9 Å². The van der Waals surface area contributed by atoms with E-state index in [9.17, 15) is 8.42 Å². The van der Waals surface area contributed by atoms with Crippen LogP contribution in [0.4, 0.5) is 5.69 Å². The number of ether oxygens (including phenoxy) is 1. The van der Waals surface area contributed by atoms with E-state index < -0.39 is 10.0 Å². The highest BCUT2D eigenvalue weighted by atomic mass is 32.2. The van der Waals surface area contributed by atoms with Gasteiger partial charge in [-0.2, -0.15) is 4.31 Å². The summed E-state index contributed by atoms with van der Waals surface area (Å²) in [5.41, 5.74) is 0.539. The van der Waals surface area contributed by atoms with Crippen LogP contribution in [-0.4, -0.2) is 51.1 Å². The maximum atomic E-state index is 12.5. The van der Waals surface area contributed by atoms with Gasteiger partial charge in [0.05, 0.1) is 12.3 Å². The number of sulfonamides is 1. The Morgan fingerprint density at radius 2 is 2.15 bits per heavy atom. The molecule has 20 heavy (non-hydrogen) atoms. The molecule has 0 aliphatic heterocycles. The van der Waals surface area contributed by atoms with Gasteiger partial charge in [-0.1, -0.05) is 6.92 Å². The molecule has 0 aromatic carbocycles. The van der Waals surface area contributed by atoms with Crippen LogP contribution < -0.4 is 5.32 Å². The Morgan fingerprint density at radius 3 is 2.80 bits per heavy atom. The topological polar surface area (TPSA) is 71.5 Å². The van der Waals surface area contributed by atoms with Gasteiger partial charge in [-0.05, 0) is 25.5 Å². The van der Waals surface area contributed by atoms with E-state index >= 15 is 0 Å². The lowest BCUT2D eigenvalue weighted by Gasteiger charge is -2.18. The van der Waals surface area contributed by atoms with Gasteiger partial charge in [-0.3, -0.25) is 0 Å².